The van der Waals surface area contributed by atoms with Gasteiger partial charge in [-0.05, 0) is 61.2 Å². The molecule has 23 heavy (non-hydrogen) atoms. The highest BCUT2D eigenvalue weighted by atomic mass is 16.2. The number of carbonyl (C=O) groups is 2. The number of hydrogen-bond acceptors (Lipinski definition) is 2. The molecule has 0 saturated heterocycles. The van der Waals surface area contributed by atoms with Gasteiger partial charge in [0.1, 0.15) is 0 Å². The van der Waals surface area contributed by atoms with Crippen LogP contribution in [0.4, 0.5) is 11.4 Å². The van der Waals surface area contributed by atoms with Crippen molar-refractivity contribution in [1.29, 1.82) is 0 Å². The number of rotatable bonds is 5. The van der Waals surface area contributed by atoms with Crippen LogP contribution in [0.5, 0.6) is 0 Å². The highest BCUT2D eigenvalue weighted by molar-refractivity contribution is 6.04. The molecule has 1 saturated carbocycles. The van der Waals surface area contributed by atoms with E-state index in [1.807, 2.05) is 24.3 Å². The standard InChI is InChI=1S/C19H20N2O2/c1-2-13-4-3-5-17(12-13)21-19(23)15-8-10-16(11-9-15)20-18(22)14-6-7-14/h3-5,8-12,14H,2,6-7H2,1H3,(H,20,22)(H,21,23). The summed E-state index contributed by atoms with van der Waals surface area (Å²) in [5, 5.41) is 5.76. The van der Waals surface area contributed by atoms with Crippen LogP contribution in [0.15, 0.2) is 48.5 Å². The van der Waals surface area contributed by atoms with Crippen LogP contribution >= 0.6 is 0 Å². The van der Waals surface area contributed by atoms with E-state index < -0.39 is 0 Å². The van der Waals surface area contributed by atoms with Crippen molar-refractivity contribution in [2.24, 2.45) is 5.92 Å². The summed E-state index contributed by atoms with van der Waals surface area (Å²) in [6.45, 7) is 2.08. The van der Waals surface area contributed by atoms with Crippen LogP contribution in [0.3, 0.4) is 0 Å². The minimum Gasteiger partial charge on any atom is -0.326 e. The zero-order chi connectivity index (χ0) is 16.2. The Labute approximate surface area is 135 Å². The third kappa shape index (κ3) is 3.97. The molecule has 1 aliphatic carbocycles. The predicted molar refractivity (Wildman–Crippen MR) is 91.6 cm³/mol. The van der Waals surface area contributed by atoms with Gasteiger partial charge in [0.15, 0.2) is 0 Å². The number of carbonyl (C=O) groups excluding carboxylic acids is 2. The van der Waals surface area contributed by atoms with Crippen molar-refractivity contribution in [3.63, 3.8) is 0 Å². The van der Waals surface area contributed by atoms with Crippen molar-refractivity contribution >= 4 is 23.2 Å². The first-order valence-electron chi connectivity index (χ1n) is 7.97. The molecule has 4 heteroatoms. The third-order valence-corrected chi connectivity index (χ3v) is 3.96. The fourth-order valence-corrected chi connectivity index (χ4v) is 2.37. The predicted octanol–water partition coefficient (Wildman–Crippen LogP) is 3.85. The molecule has 0 unspecified atom stereocenters. The first-order chi connectivity index (χ1) is 11.2. The summed E-state index contributed by atoms with van der Waals surface area (Å²) in [5.74, 6) is 0.0840. The lowest BCUT2D eigenvalue weighted by Crippen LogP contribution is -2.14. The molecule has 3 rings (SSSR count). The summed E-state index contributed by atoms with van der Waals surface area (Å²) in [5.41, 5.74) is 3.27. The number of hydrogen-bond donors (Lipinski definition) is 2. The monoisotopic (exact) mass is 308 g/mol. The van der Waals surface area contributed by atoms with E-state index in [9.17, 15) is 9.59 Å². The first kappa shape index (κ1) is 15.3. The SMILES string of the molecule is CCc1cccc(NC(=O)c2ccc(NC(=O)C3CC3)cc2)c1. The fraction of sp³-hybridized carbons (Fsp3) is 0.263. The fourth-order valence-electron chi connectivity index (χ4n) is 2.37. The van der Waals surface area contributed by atoms with Crippen molar-refractivity contribution in [3.8, 4) is 0 Å². The summed E-state index contributed by atoms with van der Waals surface area (Å²) in [6, 6.07) is 14.8. The molecule has 118 valence electrons. The third-order valence-electron chi connectivity index (χ3n) is 3.96. The number of anilines is 2. The van der Waals surface area contributed by atoms with E-state index in [0.29, 0.717) is 5.56 Å². The Morgan fingerprint density at radius 2 is 1.74 bits per heavy atom. The van der Waals surface area contributed by atoms with Crippen molar-refractivity contribution < 1.29 is 9.59 Å². The number of aryl methyl sites for hydroxylation is 1. The van der Waals surface area contributed by atoms with Gasteiger partial charge in [0.05, 0.1) is 0 Å². The lowest BCUT2D eigenvalue weighted by molar-refractivity contribution is -0.117. The van der Waals surface area contributed by atoms with E-state index in [1.165, 1.54) is 5.56 Å². The second-order valence-electron chi connectivity index (χ2n) is 5.85. The highest BCUT2D eigenvalue weighted by Gasteiger charge is 2.29. The molecule has 0 bridgehead atoms. The van der Waals surface area contributed by atoms with E-state index >= 15 is 0 Å². The molecule has 4 nitrogen and oxygen atoms in total. The maximum atomic E-state index is 12.3. The molecule has 2 N–H and O–H groups in total. The maximum Gasteiger partial charge on any atom is 0.255 e. The number of benzene rings is 2. The molecular formula is C19H20N2O2. The molecule has 0 heterocycles. The van der Waals surface area contributed by atoms with E-state index in [4.69, 9.17) is 0 Å². The lowest BCUT2D eigenvalue weighted by atomic mass is 10.1. The van der Waals surface area contributed by atoms with Gasteiger partial charge in [0.2, 0.25) is 5.91 Å². The molecule has 0 aromatic heterocycles. The van der Waals surface area contributed by atoms with Crippen LogP contribution in [-0.4, -0.2) is 11.8 Å². The molecule has 0 aliphatic heterocycles. The Hall–Kier alpha value is -2.62. The molecule has 2 aromatic rings. The van der Waals surface area contributed by atoms with Gasteiger partial charge in [-0.2, -0.15) is 0 Å². The van der Waals surface area contributed by atoms with Gasteiger partial charge < -0.3 is 10.6 Å². The highest BCUT2D eigenvalue weighted by Crippen LogP contribution is 2.30. The Kier molecular flexibility index (Phi) is 4.42. The van der Waals surface area contributed by atoms with E-state index in [2.05, 4.69) is 17.6 Å². The molecule has 0 atom stereocenters. The molecule has 1 aliphatic rings. The molecule has 0 spiro atoms. The summed E-state index contributed by atoms with van der Waals surface area (Å²) in [6.07, 6.45) is 2.88. The van der Waals surface area contributed by atoms with Gasteiger partial charge in [-0.25, -0.2) is 0 Å². The van der Waals surface area contributed by atoms with Crippen LogP contribution < -0.4 is 10.6 Å². The van der Waals surface area contributed by atoms with Crippen molar-refractivity contribution in [2.75, 3.05) is 10.6 Å². The average molecular weight is 308 g/mol. The summed E-state index contributed by atoms with van der Waals surface area (Å²) in [4.78, 5) is 24.0. The minimum absolute atomic E-state index is 0.0681. The summed E-state index contributed by atoms with van der Waals surface area (Å²) < 4.78 is 0. The van der Waals surface area contributed by atoms with Crippen LogP contribution in [0, 0.1) is 5.92 Å². The van der Waals surface area contributed by atoms with Crippen LogP contribution in [0.25, 0.3) is 0 Å². The number of amides is 2. The van der Waals surface area contributed by atoms with Crippen LogP contribution in [0.1, 0.15) is 35.7 Å². The van der Waals surface area contributed by atoms with Gasteiger partial charge in [-0.1, -0.05) is 19.1 Å². The van der Waals surface area contributed by atoms with Crippen molar-refractivity contribution in [2.45, 2.75) is 26.2 Å². The van der Waals surface area contributed by atoms with Gasteiger partial charge in [0, 0.05) is 22.9 Å². The van der Waals surface area contributed by atoms with Crippen molar-refractivity contribution in [3.05, 3.63) is 59.7 Å². The molecule has 2 amide bonds. The van der Waals surface area contributed by atoms with Gasteiger partial charge >= 0.3 is 0 Å². The second-order valence-corrected chi connectivity index (χ2v) is 5.85. The Morgan fingerprint density at radius 3 is 2.39 bits per heavy atom. The average Bonchev–Trinajstić information content (AvgIpc) is 3.40. The second kappa shape index (κ2) is 6.65. The number of nitrogens with one attached hydrogen (secondary N) is 2. The Balaban J connectivity index is 1.63. The quantitative estimate of drug-likeness (QED) is 0.881. The van der Waals surface area contributed by atoms with Gasteiger partial charge in [-0.3, -0.25) is 9.59 Å². The van der Waals surface area contributed by atoms with Crippen LogP contribution in [-0.2, 0) is 11.2 Å². The maximum absolute atomic E-state index is 12.3. The minimum atomic E-state index is -0.154. The smallest absolute Gasteiger partial charge is 0.255 e. The van der Waals surface area contributed by atoms with Gasteiger partial charge in [-0.15, -0.1) is 0 Å². The molecule has 1 fully saturated rings. The molecular weight excluding hydrogens is 288 g/mol. The largest absolute Gasteiger partial charge is 0.326 e. The molecule has 2 aromatic carbocycles. The van der Waals surface area contributed by atoms with E-state index in [0.717, 1.165) is 30.6 Å². The topological polar surface area (TPSA) is 58.2 Å². The zero-order valence-corrected chi connectivity index (χ0v) is 13.1. The summed E-state index contributed by atoms with van der Waals surface area (Å²) >= 11 is 0. The Bertz CT molecular complexity index is 718. The first-order valence-corrected chi connectivity index (χ1v) is 7.97. The lowest BCUT2D eigenvalue weighted by Gasteiger charge is -2.08. The summed E-state index contributed by atoms with van der Waals surface area (Å²) in [7, 11) is 0. The van der Waals surface area contributed by atoms with E-state index in [-0.39, 0.29) is 17.7 Å². The van der Waals surface area contributed by atoms with Crippen LogP contribution in [0.2, 0.25) is 0 Å². The Morgan fingerprint density at radius 1 is 1.00 bits per heavy atom. The van der Waals surface area contributed by atoms with Crippen molar-refractivity contribution in [1.82, 2.24) is 0 Å². The van der Waals surface area contributed by atoms with E-state index in [1.54, 1.807) is 24.3 Å². The zero-order valence-electron chi connectivity index (χ0n) is 13.1. The normalized spacial score (nSPS) is 13.4. The molecule has 0 radical (unpaired) electrons. The van der Waals surface area contributed by atoms with Gasteiger partial charge in [0.25, 0.3) is 5.91 Å².